The second-order valence-electron chi connectivity index (χ2n) is 4.83. The van der Waals surface area contributed by atoms with Crippen LogP contribution in [-0.2, 0) is 0 Å². The summed E-state index contributed by atoms with van der Waals surface area (Å²) in [7, 11) is 4.03. The maximum Gasteiger partial charge on any atom is 0.243 e. The van der Waals surface area contributed by atoms with Gasteiger partial charge in [0.25, 0.3) is 0 Å². The molecular formula is C15H19N5. The van der Waals surface area contributed by atoms with Crippen LogP contribution in [0.4, 0.5) is 11.6 Å². The lowest BCUT2D eigenvalue weighted by Crippen LogP contribution is -2.08. The molecule has 0 unspecified atom stereocenters. The van der Waals surface area contributed by atoms with Gasteiger partial charge in [-0.15, -0.1) is 0 Å². The largest absolute Gasteiger partial charge is 0.378 e. The first-order chi connectivity index (χ1) is 9.54. The number of hydrazone groups is 1. The molecule has 0 aliphatic heterocycles. The molecule has 2 aromatic rings. The molecule has 0 atom stereocenters. The van der Waals surface area contributed by atoms with Crippen LogP contribution in [0, 0.1) is 13.8 Å². The Hall–Kier alpha value is -2.43. The zero-order valence-electron chi connectivity index (χ0n) is 12.3. The SMILES string of the molecule is Cc1cc(C)nc(N/N=C\c2ccc(N(C)C)cc2)n1. The quantitative estimate of drug-likeness (QED) is 0.684. The topological polar surface area (TPSA) is 53.4 Å². The summed E-state index contributed by atoms with van der Waals surface area (Å²) in [4.78, 5) is 10.6. The summed E-state index contributed by atoms with van der Waals surface area (Å²) < 4.78 is 0. The van der Waals surface area contributed by atoms with Crippen LogP contribution in [0.15, 0.2) is 35.4 Å². The second-order valence-corrected chi connectivity index (χ2v) is 4.83. The molecule has 0 amide bonds. The van der Waals surface area contributed by atoms with E-state index in [9.17, 15) is 0 Å². The van der Waals surface area contributed by atoms with Crippen LogP contribution in [0.3, 0.4) is 0 Å². The van der Waals surface area contributed by atoms with Gasteiger partial charge in [0.15, 0.2) is 0 Å². The van der Waals surface area contributed by atoms with E-state index in [1.54, 1.807) is 6.21 Å². The number of hydrogen-bond acceptors (Lipinski definition) is 5. The average Bonchev–Trinajstić information content (AvgIpc) is 2.38. The minimum atomic E-state index is 0.517. The summed E-state index contributed by atoms with van der Waals surface area (Å²) in [6, 6.07) is 10.1. The Bertz CT molecular complexity index is 582. The third-order valence-corrected chi connectivity index (χ3v) is 2.77. The van der Waals surface area contributed by atoms with Crippen molar-refractivity contribution in [2.24, 2.45) is 5.10 Å². The predicted molar refractivity (Wildman–Crippen MR) is 83.5 cm³/mol. The average molecular weight is 269 g/mol. The normalized spacial score (nSPS) is 10.8. The maximum atomic E-state index is 4.26. The number of aryl methyl sites for hydroxylation is 2. The molecule has 0 spiro atoms. The van der Waals surface area contributed by atoms with E-state index in [1.807, 2.05) is 46.1 Å². The van der Waals surface area contributed by atoms with Crippen molar-refractivity contribution >= 4 is 17.9 Å². The zero-order valence-corrected chi connectivity index (χ0v) is 12.3. The van der Waals surface area contributed by atoms with E-state index in [4.69, 9.17) is 0 Å². The molecule has 1 aromatic carbocycles. The summed E-state index contributed by atoms with van der Waals surface area (Å²) in [5.41, 5.74) is 6.87. The van der Waals surface area contributed by atoms with Gasteiger partial charge in [0.05, 0.1) is 6.21 Å². The minimum Gasteiger partial charge on any atom is -0.378 e. The Morgan fingerprint density at radius 3 is 2.20 bits per heavy atom. The molecule has 20 heavy (non-hydrogen) atoms. The Labute approximate surface area is 119 Å². The molecule has 0 radical (unpaired) electrons. The van der Waals surface area contributed by atoms with E-state index in [2.05, 4.69) is 37.5 Å². The van der Waals surface area contributed by atoms with Gasteiger partial charge in [0.1, 0.15) is 0 Å². The summed E-state index contributed by atoms with van der Waals surface area (Å²) in [5.74, 6) is 0.517. The first-order valence-corrected chi connectivity index (χ1v) is 6.43. The van der Waals surface area contributed by atoms with Gasteiger partial charge < -0.3 is 4.90 Å². The monoisotopic (exact) mass is 269 g/mol. The molecule has 5 nitrogen and oxygen atoms in total. The van der Waals surface area contributed by atoms with Crippen molar-refractivity contribution in [2.45, 2.75) is 13.8 Å². The summed E-state index contributed by atoms with van der Waals surface area (Å²) >= 11 is 0. The highest BCUT2D eigenvalue weighted by Crippen LogP contribution is 2.11. The highest BCUT2D eigenvalue weighted by Gasteiger charge is 1.97. The van der Waals surface area contributed by atoms with Gasteiger partial charge in [-0.2, -0.15) is 5.10 Å². The van der Waals surface area contributed by atoms with Gasteiger partial charge >= 0.3 is 0 Å². The van der Waals surface area contributed by atoms with Crippen molar-refractivity contribution in [3.63, 3.8) is 0 Å². The number of nitrogens with zero attached hydrogens (tertiary/aromatic N) is 4. The summed E-state index contributed by atoms with van der Waals surface area (Å²) in [6.07, 6.45) is 1.75. The third kappa shape index (κ3) is 3.78. The van der Waals surface area contributed by atoms with Crippen LogP contribution >= 0.6 is 0 Å². The molecular weight excluding hydrogens is 250 g/mol. The molecule has 0 aliphatic carbocycles. The fraction of sp³-hybridized carbons (Fsp3) is 0.267. The first kappa shape index (κ1) is 14.0. The molecule has 0 saturated heterocycles. The molecule has 0 saturated carbocycles. The molecule has 5 heteroatoms. The van der Waals surface area contributed by atoms with E-state index in [1.165, 1.54) is 0 Å². The molecule has 1 heterocycles. The Morgan fingerprint density at radius 2 is 1.65 bits per heavy atom. The highest BCUT2D eigenvalue weighted by atomic mass is 15.3. The Balaban J connectivity index is 2.02. The standard InChI is InChI=1S/C15H19N5/c1-11-9-12(2)18-15(17-11)19-16-10-13-5-7-14(8-6-13)20(3)4/h5-10H,1-4H3,(H,17,18,19)/b16-10-. The lowest BCUT2D eigenvalue weighted by molar-refractivity contribution is 1.04. The highest BCUT2D eigenvalue weighted by molar-refractivity contribution is 5.80. The molecule has 1 N–H and O–H groups in total. The van der Waals surface area contributed by atoms with Crippen LogP contribution in [0.1, 0.15) is 17.0 Å². The van der Waals surface area contributed by atoms with Gasteiger partial charge in [-0.05, 0) is 37.6 Å². The smallest absolute Gasteiger partial charge is 0.243 e. The third-order valence-electron chi connectivity index (χ3n) is 2.77. The van der Waals surface area contributed by atoms with Crippen molar-refractivity contribution in [3.8, 4) is 0 Å². The lowest BCUT2D eigenvalue weighted by atomic mass is 10.2. The van der Waals surface area contributed by atoms with E-state index in [-0.39, 0.29) is 0 Å². The van der Waals surface area contributed by atoms with Gasteiger partial charge in [-0.25, -0.2) is 15.4 Å². The van der Waals surface area contributed by atoms with Gasteiger partial charge in [0.2, 0.25) is 5.95 Å². The number of aromatic nitrogens is 2. The summed E-state index contributed by atoms with van der Waals surface area (Å²) in [5, 5.41) is 4.15. The number of anilines is 2. The molecule has 0 fully saturated rings. The van der Waals surface area contributed by atoms with Crippen LogP contribution < -0.4 is 10.3 Å². The van der Waals surface area contributed by atoms with Crippen molar-refractivity contribution in [2.75, 3.05) is 24.4 Å². The van der Waals surface area contributed by atoms with Gasteiger partial charge in [-0.1, -0.05) is 12.1 Å². The van der Waals surface area contributed by atoms with Crippen molar-refractivity contribution in [3.05, 3.63) is 47.3 Å². The van der Waals surface area contributed by atoms with Gasteiger partial charge in [-0.3, -0.25) is 0 Å². The maximum absolute atomic E-state index is 4.26. The van der Waals surface area contributed by atoms with Crippen molar-refractivity contribution < 1.29 is 0 Å². The second kappa shape index (κ2) is 6.14. The van der Waals surface area contributed by atoms with E-state index in [0.717, 1.165) is 22.6 Å². The molecule has 1 aromatic heterocycles. The Morgan fingerprint density at radius 1 is 1.05 bits per heavy atom. The molecule has 2 rings (SSSR count). The zero-order chi connectivity index (χ0) is 14.5. The van der Waals surface area contributed by atoms with Crippen molar-refractivity contribution in [1.29, 1.82) is 0 Å². The van der Waals surface area contributed by atoms with Crippen LogP contribution in [-0.4, -0.2) is 30.3 Å². The fourth-order valence-corrected chi connectivity index (χ4v) is 1.80. The predicted octanol–water partition coefficient (Wildman–Crippen LogP) is 2.61. The minimum absolute atomic E-state index is 0.517. The number of hydrogen-bond donors (Lipinski definition) is 1. The van der Waals surface area contributed by atoms with Crippen LogP contribution in [0.25, 0.3) is 0 Å². The Kier molecular flexibility index (Phi) is 4.30. The molecule has 0 aliphatic rings. The van der Waals surface area contributed by atoms with Crippen LogP contribution in [0.2, 0.25) is 0 Å². The van der Waals surface area contributed by atoms with Gasteiger partial charge in [0, 0.05) is 31.2 Å². The van der Waals surface area contributed by atoms with E-state index < -0.39 is 0 Å². The van der Waals surface area contributed by atoms with Crippen LogP contribution in [0.5, 0.6) is 0 Å². The molecule has 104 valence electrons. The number of benzene rings is 1. The lowest BCUT2D eigenvalue weighted by Gasteiger charge is -2.11. The number of nitrogens with one attached hydrogen (secondary N) is 1. The van der Waals surface area contributed by atoms with E-state index >= 15 is 0 Å². The molecule has 0 bridgehead atoms. The summed E-state index contributed by atoms with van der Waals surface area (Å²) in [6.45, 7) is 3.87. The fourth-order valence-electron chi connectivity index (χ4n) is 1.80. The van der Waals surface area contributed by atoms with E-state index in [0.29, 0.717) is 5.95 Å². The van der Waals surface area contributed by atoms with Crippen molar-refractivity contribution in [1.82, 2.24) is 9.97 Å². The number of rotatable bonds is 4. The first-order valence-electron chi connectivity index (χ1n) is 6.43.